The van der Waals surface area contributed by atoms with E-state index in [9.17, 15) is 9.90 Å². The molecular formula is C32H30Cl3NO5. The Bertz CT molecular complexity index is 1560. The van der Waals surface area contributed by atoms with Crippen LogP contribution in [0.3, 0.4) is 0 Å². The minimum atomic E-state index is -1.09. The third-order valence-corrected chi connectivity index (χ3v) is 8.82. The van der Waals surface area contributed by atoms with Gasteiger partial charge in [0.15, 0.2) is 0 Å². The monoisotopic (exact) mass is 613 g/mol. The van der Waals surface area contributed by atoms with Crippen LogP contribution in [0.1, 0.15) is 62.3 Å². The first-order valence-corrected chi connectivity index (χ1v) is 14.5. The summed E-state index contributed by atoms with van der Waals surface area (Å²) in [7, 11) is 0. The lowest BCUT2D eigenvalue weighted by molar-refractivity contribution is -0.132. The average Bonchev–Trinajstić information content (AvgIpc) is 3.68. The highest BCUT2D eigenvalue weighted by molar-refractivity contribution is 6.39. The van der Waals surface area contributed by atoms with Crippen LogP contribution in [0.25, 0.3) is 11.3 Å². The van der Waals surface area contributed by atoms with Gasteiger partial charge in [-0.1, -0.05) is 70.8 Å². The summed E-state index contributed by atoms with van der Waals surface area (Å²) in [5.74, 6) is 0.724. The van der Waals surface area contributed by atoms with Crippen LogP contribution in [0.2, 0.25) is 15.1 Å². The van der Waals surface area contributed by atoms with Crippen LogP contribution in [-0.4, -0.2) is 21.3 Å². The number of halogens is 3. The van der Waals surface area contributed by atoms with Gasteiger partial charge in [-0.05, 0) is 80.9 Å². The zero-order valence-electron chi connectivity index (χ0n) is 22.7. The molecule has 0 bridgehead atoms. The number of aliphatic carboxylic acids is 1. The summed E-state index contributed by atoms with van der Waals surface area (Å²) in [6, 6.07) is 10.6. The SMILES string of the molecule is C=C(/C(C)=C\C=C(/C)C(=O)O)[C@H]1C[C@](O)(c2ccc(OCc3c(-c4c(Cl)cccc4Cl)noc3C3CC3)cc2Cl)C1. The van der Waals surface area contributed by atoms with E-state index in [1.807, 2.05) is 6.92 Å². The Balaban J connectivity index is 1.28. The first-order chi connectivity index (χ1) is 19.5. The average molecular weight is 615 g/mol. The van der Waals surface area contributed by atoms with Crippen molar-refractivity contribution in [3.05, 3.63) is 104 Å². The highest BCUT2D eigenvalue weighted by Gasteiger charge is 2.46. The number of benzene rings is 2. The van der Waals surface area contributed by atoms with Crippen molar-refractivity contribution in [1.82, 2.24) is 5.16 Å². The van der Waals surface area contributed by atoms with Gasteiger partial charge in [0, 0.05) is 22.6 Å². The molecule has 2 saturated carbocycles. The minimum absolute atomic E-state index is 0.0614. The Morgan fingerprint density at radius 3 is 2.37 bits per heavy atom. The minimum Gasteiger partial charge on any atom is -0.489 e. The molecule has 2 N–H and O–H groups in total. The zero-order valence-corrected chi connectivity index (χ0v) is 25.0. The number of hydrogen-bond donors (Lipinski definition) is 2. The van der Waals surface area contributed by atoms with Gasteiger partial charge >= 0.3 is 5.97 Å². The lowest BCUT2D eigenvalue weighted by atomic mass is 9.64. The molecule has 214 valence electrons. The van der Waals surface area contributed by atoms with E-state index in [1.165, 1.54) is 6.92 Å². The van der Waals surface area contributed by atoms with Crippen LogP contribution < -0.4 is 4.74 Å². The number of nitrogens with zero attached hydrogens (tertiary/aromatic N) is 1. The van der Waals surface area contributed by atoms with Crippen molar-refractivity contribution in [1.29, 1.82) is 0 Å². The van der Waals surface area contributed by atoms with Crippen LogP contribution in [0, 0.1) is 5.92 Å². The fraction of sp³-hybridized carbons (Fsp3) is 0.312. The molecule has 3 aromatic rings. The smallest absolute Gasteiger partial charge is 0.331 e. The van der Waals surface area contributed by atoms with Crippen molar-refractivity contribution in [2.75, 3.05) is 0 Å². The largest absolute Gasteiger partial charge is 0.489 e. The summed E-state index contributed by atoms with van der Waals surface area (Å²) in [4.78, 5) is 11.0. The summed E-state index contributed by atoms with van der Waals surface area (Å²) in [5, 5.41) is 26.0. The fourth-order valence-electron chi connectivity index (χ4n) is 5.14. The van der Waals surface area contributed by atoms with Crippen LogP contribution in [0.15, 0.2) is 76.4 Å². The Morgan fingerprint density at radius 1 is 1.10 bits per heavy atom. The Kier molecular flexibility index (Phi) is 8.40. The second-order valence-corrected chi connectivity index (χ2v) is 12.1. The third-order valence-electron chi connectivity index (χ3n) is 7.88. The lowest BCUT2D eigenvalue weighted by Gasteiger charge is -2.45. The number of hydrogen-bond acceptors (Lipinski definition) is 5. The summed E-state index contributed by atoms with van der Waals surface area (Å²) < 4.78 is 11.9. The molecule has 2 fully saturated rings. The van der Waals surface area contributed by atoms with E-state index in [0.29, 0.717) is 56.4 Å². The van der Waals surface area contributed by atoms with Crippen molar-refractivity contribution in [3.63, 3.8) is 0 Å². The van der Waals surface area contributed by atoms with Crippen LogP contribution in [0.5, 0.6) is 5.75 Å². The van der Waals surface area contributed by atoms with Gasteiger partial charge in [-0.3, -0.25) is 0 Å². The van der Waals surface area contributed by atoms with Gasteiger partial charge in [0.25, 0.3) is 0 Å². The molecule has 9 heteroatoms. The molecule has 2 aromatic carbocycles. The second kappa shape index (κ2) is 11.7. The fourth-order valence-corrected chi connectivity index (χ4v) is 6.06. The maximum Gasteiger partial charge on any atom is 0.331 e. The molecule has 0 spiro atoms. The highest BCUT2D eigenvalue weighted by atomic mass is 35.5. The van der Waals surface area contributed by atoms with E-state index in [-0.39, 0.29) is 18.1 Å². The maximum absolute atomic E-state index is 11.3. The number of aromatic nitrogens is 1. The molecule has 1 heterocycles. The van der Waals surface area contributed by atoms with Crippen molar-refractivity contribution in [2.45, 2.75) is 57.7 Å². The quantitative estimate of drug-likeness (QED) is 0.175. The Labute approximate surface area is 253 Å². The molecule has 41 heavy (non-hydrogen) atoms. The van der Waals surface area contributed by atoms with Gasteiger partial charge in [0.05, 0.1) is 26.2 Å². The molecule has 0 saturated heterocycles. The van der Waals surface area contributed by atoms with Crippen molar-refractivity contribution in [2.24, 2.45) is 5.92 Å². The molecule has 2 aliphatic rings. The van der Waals surface area contributed by atoms with Crippen molar-refractivity contribution >= 4 is 40.8 Å². The number of rotatable bonds is 10. The molecule has 0 atom stereocenters. The maximum atomic E-state index is 11.3. The van der Waals surface area contributed by atoms with E-state index >= 15 is 0 Å². The number of carboxylic acid groups (broad SMARTS) is 1. The highest BCUT2D eigenvalue weighted by Crippen LogP contribution is 2.52. The molecule has 0 aliphatic heterocycles. The van der Waals surface area contributed by atoms with E-state index in [0.717, 1.165) is 35.3 Å². The summed E-state index contributed by atoms with van der Waals surface area (Å²) in [6.07, 6.45) is 6.29. The van der Waals surface area contributed by atoms with Crippen molar-refractivity contribution in [3.8, 4) is 17.0 Å². The van der Waals surface area contributed by atoms with Crippen LogP contribution >= 0.6 is 34.8 Å². The van der Waals surface area contributed by atoms with Crippen LogP contribution in [0.4, 0.5) is 0 Å². The number of aliphatic hydroxyl groups is 1. The molecule has 1 aromatic heterocycles. The summed E-state index contributed by atoms with van der Waals surface area (Å²) >= 11 is 19.6. The normalized spacial score (nSPS) is 21.0. The van der Waals surface area contributed by atoms with Gasteiger partial charge < -0.3 is 19.5 Å². The standard InChI is InChI=1S/C32H30Cl3NO5/c1-17(7-8-18(2)31(37)38)19(3)21-14-32(39,15-21)24-12-11-22(13-27(24)35)40-16-23-29(36-41-30(23)20-9-10-20)28-25(33)5-4-6-26(28)34/h4-8,11-13,20-21,39H,3,9-10,14-16H2,1-2H3,(H,37,38)/b17-7-,18-8+/t21-,32+. The van der Waals surface area contributed by atoms with Gasteiger partial charge in [-0.25, -0.2) is 4.79 Å². The molecule has 0 amide bonds. The zero-order chi connectivity index (χ0) is 29.5. The first kappa shape index (κ1) is 29.5. The number of ether oxygens (including phenoxy) is 1. The van der Waals surface area contributed by atoms with Crippen molar-refractivity contribution < 1.29 is 24.3 Å². The molecule has 2 aliphatic carbocycles. The predicted octanol–water partition coefficient (Wildman–Crippen LogP) is 8.89. The number of carbonyl (C=O) groups is 1. The Morgan fingerprint density at radius 2 is 1.76 bits per heavy atom. The van der Waals surface area contributed by atoms with Gasteiger partial charge in [0.2, 0.25) is 0 Å². The molecule has 0 radical (unpaired) electrons. The summed E-state index contributed by atoms with van der Waals surface area (Å²) in [5.41, 5.74) is 3.52. The third kappa shape index (κ3) is 6.12. The Hall–Kier alpha value is -3.03. The van der Waals surface area contributed by atoms with E-state index in [2.05, 4.69) is 11.7 Å². The van der Waals surface area contributed by atoms with E-state index < -0.39 is 11.6 Å². The topological polar surface area (TPSA) is 92.8 Å². The molecular weight excluding hydrogens is 585 g/mol. The molecule has 0 unspecified atom stereocenters. The first-order valence-electron chi connectivity index (χ1n) is 13.3. The molecule has 5 rings (SSSR count). The van der Waals surface area contributed by atoms with E-state index in [1.54, 1.807) is 48.6 Å². The lowest BCUT2D eigenvalue weighted by Crippen LogP contribution is -2.42. The summed E-state index contributed by atoms with van der Waals surface area (Å²) in [6.45, 7) is 7.79. The second-order valence-electron chi connectivity index (χ2n) is 10.8. The van der Waals surface area contributed by atoms with Gasteiger partial charge in [-0.2, -0.15) is 0 Å². The van der Waals surface area contributed by atoms with Crippen LogP contribution in [-0.2, 0) is 17.0 Å². The van der Waals surface area contributed by atoms with Gasteiger partial charge in [-0.15, -0.1) is 0 Å². The number of carboxylic acids is 1. The van der Waals surface area contributed by atoms with E-state index in [4.69, 9.17) is 49.2 Å². The predicted molar refractivity (Wildman–Crippen MR) is 161 cm³/mol. The van der Waals surface area contributed by atoms with Gasteiger partial charge in [0.1, 0.15) is 23.8 Å². The molecule has 6 nitrogen and oxygen atoms in total. The number of allylic oxidation sites excluding steroid dienone is 4.